The van der Waals surface area contributed by atoms with Crippen LogP contribution in [0.15, 0.2) is 0 Å². The van der Waals surface area contributed by atoms with Gasteiger partial charge in [-0.25, -0.2) is 9.59 Å². The second-order valence-electron chi connectivity index (χ2n) is 6.46. The maximum absolute atomic E-state index is 12.0. The molecule has 0 aromatic heterocycles. The normalized spacial score (nSPS) is 23.4. The fourth-order valence-electron chi connectivity index (χ4n) is 3.09. The Balaban J connectivity index is 1.90. The van der Waals surface area contributed by atoms with Crippen molar-refractivity contribution >= 4 is 12.0 Å². The smallest absolute Gasteiger partial charge is 0.329 e. The molecule has 0 radical (unpaired) electrons. The van der Waals surface area contributed by atoms with Gasteiger partial charge >= 0.3 is 12.0 Å². The van der Waals surface area contributed by atoms with Crippen molar-refractivity contribution in [1.29, 1.82) is 0 Å². The van der Waals surface area contributed by atoms with E-state index >= 15 is 0 Å². The zero-order valence-electron chi connectivity index (χ0n) is 12.3. The Labute approximate surface area is 120 Å². The molecule has 3 N–H and O–H groups in total. The number of amides is 2. The van der Waals surface area contributed by atoms with E-state index in [1.807, 2.05) is 0 Å². The molecule has 2 saturated carbocycles. The Morgan fingerprint density at radius 2 is 1.65 bits per heavy atom. The number of nitrogens with one attached hydrogen (secondary N) is 2. The zero-order chi connectivity index (χ0) is 14.6. The molecular weight excluding hydrogens is 256 g/mol. The summed E-state index contributed by atoms with van der Waals surface area (Å²) in [5, 5.41) is 15.1. The van der Waals surface area contributed by atoms with Crippen LogP contribution in [0.2, 0.25) is 0 Å². The van der Waals surface area contributed by atoms with E-state index in [1.165, 1.54) is 0 Å². The lowest BCUT2D eigenvalue weighted by Crippen LogP contribution is -2.57. The molecule has 5 heteroatoms. The van der Waals surface area contributed by atoms with E-state index in [0.29, 0.717) is 19.4 Å². The Morgan fingerprint density at radius 3 is 2.10 bits per heavy atom. The zero-order valence-corrected chi connectivity index (χ0v) is 12.3. The van der Waals surface area contributed by atoms with Crippen molar-refractivity contribution in [2.75, 3.05) is 6.54 Å². The minimum Gasteiger partial charge on any atom is -0.480 e. The van der Waals surface area contributed by atoms with Crippen LogP contribution < -0.4 is 10.6 Å². The maximum Gasteiger partial charge on any atom is 0.329 e. The summed E-state index contributed by atoms with van der Waals surface area (Å²) in [6, 6.07) is -0.325. The van der Waals surface area contributed by atoms with E-state index in [9.17, 15) is 14.7 Å². The van der Waals surface area contributed by atoms with E-state index < -0.39 is 11.5 Å². The lowest BCUT2D eigenvalue weighted by atomic mass is 9.90. The molecule has 0 saturated heterocycles. The second-order valence-corrected chi connectivity index (χ2v) is 6.46. The highest BCUT2D eigenvalue weighted by atomic mass is 16.4. The standard InChI is InChI=1S/C15H26N2O3/c1-2-14(9-10-14)11-16-13(20)17-15(12(18)19)7-5-3-4-6-8-15/h2-11H2,1H3,(H,18,19)(H2,16,17,20). The van der Waals surface area contributed by atoms with E-state index in [-0.39, 0.29) is 11.4 Å². The summed E-state index contributed by atoms with van der Waals surface area (Å²) < 4.78 is 0. The molecule has 20 heavy (non-hydrogen) atoms. The molecule has 0 bridgehead atoms. The van der Waals surface area contributed by atoms with Crippen molar-refractivity contribution in [1.82, 2.24) is 10.6 Å². The number of hydrogen-bond donors (Lipinski definition) is 3. The van der Waals surface area contributed by atoms with Crippen LogP contribution in [0.4, 0.5) is 4.79 Å². The SMILES string of the molecule is CCC1(CNC(=O)NC2(C(=O)O)CCCCCC2)CC1. The summed E-state index contributed by atoms with van der Waals surface area (Å²) in [5.41, 5.74) is -0.791. The van der Waals surface area contributed by atoms with Crippen molar-refractivity contribution < 1.29 is 14.7 Å². The molecule has 0 heterocycles. The van der Waals surface area contributed by atoms with Gasteiger partial charge < -0.3 is 15.7 Å². The Hall–Kier alpha value is -1.26. The molecule has 0 atom stereocenters. The number of hydrogen-bond acceptors (Lipinski definition) is 2. The lowest BCUT2D eigenvalue weighted by Gasteiger charge is -2.29. The van der Waals surface area contributed by atoms with E-state index in [2.05, 4.69) is 17.6 Å². The number of carbonyl (C=O) groups excluding carboxylic acids is 1. The average Bonchev–Trinajstić information content (AvgIpc) is 3.21. The molecule has 2 rings (SSSR count). The number of carbonyl (C=O) groups is 2. The minimum atomic E-state index is -1.07. The first-order chi connectivity index (χ1) is 9.52. The molecule has 2 aliphatic rings. The second kappa shape index (κ2) is 6.02. The van der Waals surface area contributed by atoms with Crippen LogP contribution in [-0.2, 0) is 4.79 Å². The summed E-state index contributed by atoms with van der Waals surface area (Å²) in [6.07, 6.45) is 8.30. The molecule has 0 aromatic carbocycles. The van der Waals surface area contributed by atoms with Gasteiger partial charge in [0, 0.05) is 6.54 Å². The highest BCUT2D eigenvalue weighted by Crippen LogP contribution is 2.47. The van der Waals surface area contributed by atoms with Crippen molar-refractivity contribution in [2.24, 2.45) is 5.41 Å². The molecule has 0 unspecified atom stereocenters. The van der Waals surface area contributed by atoms with Crippen LogP contribution in [0, 0.1) is 5.41 Å². The van der Waals surface area contributed by atoms with Gasteiger partial charge in [0.25, 0.3) is 0 Å². The average molecular weight is 282 g/mol. The van der Waals surface area contributed by atoms with Crippen molar-refractivity contribution in [2.45, 2.75) is 70.3 Å². The Kier molecular flexibility index (Phi) is 4.55. The van der Waals surface area contributed by atoms with Gasteiger partial charge in [-0.1, -0.05) is 32.6 Å². The third-order valence-electron chi connectivity index (χ3n) is 5.05. The highest BCUT2D eigenvalue weighted by molar-refractivity contribution is 5.86. The number of carboxylic acid groups (broad SMARTS) is 1. The van der Waals surface area contributed by atoms with Gasteiger partial charge in [0.05, 0.1) is 0 Å². The molecule has 0 aromatic rings. The van der Waals surface area contributed by atoms with Crippen LogP contribution in [0.25, 0.3) is 0 Å². The molecule has 5 nitrogen and oxygen atoms in total. The van der Waals surface area contributed by atoms with Gasteiger partial charge in [-0.05, 0) is 37.5 Å². The quantitative estimate of drug-likeness (QED) is 0.678. The first-order valence-corrected chi connectivity index (χ1v) is 7.81. The predicted molar refractivity (Wildman–Crippen MR) is 76.6 cm³/mol. The third kappa shape index (κ3) is 3.44. The van der Waals surface area contributed by atoms with Gasteiger partial charge in [-0.2, -0.15) is 0 Å². The number of rotatable bonds is 5. The van der Waals surface area contributed by atoms with E-state index in [1.54, 1.807) is 0 Å². The molecule has 114 valence electrons. The minimum absolute atomic E-state index is 0.275. The predicted octanol–water partition coefficient (Wildman–Crippen LogP) is 2.65. The molecule has 0 aliphatic heterocycles. The highest BCUT2D eigenvalue weighted by Gasteiger charge is 2.42. The van der Waals surface area contributed by atoms with Crippen molar-refractivity contribution in [3.63, 3.8) is 0 Å². The monoisotopic (exact) mass is 282 g/mol. The summed E-state index contributed by atoms with van der Waals surface area (Å²) in [4.78, 5) is 23.6. The lowest BCUT2D eigenvalue weighted by molar-refractivity contribution is -0.145. The Bertz CT molecular complexity index is 369. The van der Waals surface area contributed by atoms with Crippen LogP contribution in [0.3, 0.4) is 0 Å². The third-order valence-corrected chi connectivity index (χ3v) is 5.05. The number of carboxylic acids is 1. The number of urea groups is 1. The first kappa shape index (κ1) is 15.1. The van der Waals surface area contributed by atoms with Gasteiger partial charge in [-0.3, -0.25) is 0 Å². The van der Waals surface area contributed by atoms with Crippen LogP contribution >= 0.6 is 0 Å². The number of aliphatic carboxylic acids is 1. The van der Waals surface area contributed by atoms with Crippen LogP contribution in [-0.4, -0.2) is 29.2 Å². The largest absolute Gasteiger partial charge is 0.480 e. The van der Waals surface area contributed by atoms with E-state index in [4.69, 9.17) is 0 Å². The molecule has 2 amide bonds. The van der Waals surface area contributed by atoms with E-state index in [0.717, 1.165) is 44.9 Å². The van der Waals surface area contributed by atoms with Gasteiger partial charge in [0.2, 0.25) is 0 Å². The molecule has 2 aliphatic carbocycles. The fraction of sp³-hybridized carbons (Fsp3) is 0.867. The molecular formula is C15H26N2O3. The summed E-state index contributed by atoms with van der Waals surface area (Å²) in [7, 11) is 0. The maximum atomic E-state index is 12.0. The summed E-state index contributed by atoms with van der Waals surface area (Å²) >= 11 is 0. The van der Waals surface area contributed by atoms with Crippen LogP contribution in [0.1, 0.15) is 64.7 Å². The van der Waals surface area contributed by atoms with Gasteiger partial charge in [0.15, 0.2) is 0 Å². The molecule has 0 spiro atoms. The van der Waals surface area contributed by atoms with Gasteiger partial charge in [-0.15, -0.1) is 0 Å². The molecule has 2 fully saturated rings. The Morgan fingerprint density at radius 1 is 1.05 bits per heavy atom. The first-order valence-electron chi connectivity index (χ1n) is 7.81. The fourth-order valence-corrected chi connectivity index (χ4v) is 3.09. The van der Waals surface area contributed by atoms with Crippen LogP contribution in [0.5, 0.6) is 0 Å². The van der Waals surface area contributed by atoms with Crippen molar-refractivity contribution in [3.8, 4) is 0 Å². The van der Waals surface area contributed by atoms with Gasteiger partial charge in [0.1, 0.15) is 5.54 Å². The topological polar surface area (TPSA) is 78.4 Å². The summed E-state index contributed by atoms with van der Waals surface area (Å²) in [6.45, 7) is 2.79. The summed E-state index contributed by atoms with van der Waals surface area (Å²) in [5.74, 6) is -0.897. The van der Waals surface area contributed by atoms with Crippen molar-refractivity contribution in [3.05, 3.63) is 0 Å².